The van der Waals surface area contributed by atoms with Crippen LogP contribution in [0, 0.1) is 5.41 Å². The van der Waals surface area contributed by atoms with Gasteiger partial charge in [0.15, 0.2) is 0 Å². The second-order valence-electron chi connectivity index (χ2n) is 5.53. The summed E-state index contributed by atoms with van der Waals surface area (Å²) < 4.78 is 0. The second-order valence-corrected chi connectivity index (χ2v) is 5.53. The van der Waals surface area contributed by atoms with Gasteiger partial charge in [0.05, 0.1) is 5.41 Å². The van der Waals surface area contributed by atoms with Crippen molar-refractivity contribution in [3.05, 3.63) is 0 Å². The van der Waals surface area contributed by atoms with Crippen LogP contribution in [0.15, 0.2) is 0 Å². The zero-order chi connectivity index (χ0) is 14.8. The lowest BCUT2D eigenvalue weighted by atomic mass is 9.84. The normalized spacial score (nSPS) is 23.2. The Morgan fingerprint density at radius 3 is 2.37 bits per heavy atom. The maximum absolute atomic E-state index is 12.0. The molecule has 1 saturated heterocycles. The Hall–Kier alpha value is -1.79. The van der Waals surface area contributed by atoms with Crippen LogP contribution in [0.3, 0.4) is 0 Å². The number of hydrogen-bond acceptors (Lipinski definition) is 3. The summed E-state index contributed by atoms with van der Waals surface area (Å²) in [5.74, 6) is -1.53. The average molecular weight is 271 g/mol. The minimum absolute atomic E-state index is 0.152. The van der Waals surface area contributed by atoms with Gasteiger partial charge in [0, 0.05) is 13.1 Å². The van der Waals surface area contributed by atoms with Gasteiger partial charge in [-0.05, 0) is 26.7 Å². The fourth-order valence-corrected chi connectivity index (χ4v) is 2.07. The molecule has 7 heteroatoms. The molecule has 1 unspecified atom stereocenters. The van der Waals surface area contributed by atoms with Gasteiger partial charge in [-0.15, -0.1) is 0 Å². The molecule has 1 rings (SSSR count). The summed E-state index contributed by atoms with van der Waals surface area (Å²) in [7, 11) is 0. The van der Waals surface area contributed by atoms with Gasteiger partial charge in [0.25, 0.3) is 0 Å². The molecule has 0 radical (unpaired) electrons. The Balaban J connectivity index is 2.72. The number of amides is 3. The molecule has 1 aliphatic heterocycles. The number of rotatable bonds is 4. The maximum Gasteiger partial charge on any atom is 0.318 e. The number of hydrogen-bond donors (Lipinski definition) is 3. The van der Waals surface area contributed by atoms with Gasteiger partial charge >= 0.3 is 12.0 Å². The summed E-state index contributed by atoms with van der Waals surface area (Å²) in [5, 5.41) is 11.8. The molecule has 3 amide bonds. The quantitative estimate of drug-likeness (QED) is 0.675. The number of nitrogens with one attached hydrogen (secondary N) is 1. The largest absolute Gasteiger partial charge is 0.481 e. The molecule has 0 aromatic heterocycles. The summed E-state index contributed by atoms with van der Waals surface area (Å²) in [6, 6.07) is -0.458. The lowest BCUT2D eigenvalue weighted by molar-refractivity contribution is -0.148. The fraction of sp³-hybridized carbons (Fsp3) is 0.750. The van der Waals surface area contributed by atoms with E-state index in [2.05, 4.69) is 5.32 Å². The van der Waals surface area contributed by atoms with Crippen LogP contribution in [0.25, 0.3) is 0 Å². The van der Waals surface area contributed by atoms with E-state index < -0.39 is 28.9 Å². The summed E-state index contributed by atoms with van der Waals surface area (Å²) in [4.78, 5) is 35.9. The summed E-state index contributed by atoms with van der Waals surface area (Å²) >= 11 is 0. The topological polar surface area (TPSA) is 113 Å². The first-order valence-corrected chi connectivity index (χ1v) is 6.25. The van der Waals surface area contributed by atoms with Gasteiger partial charge in [-0.2, -0.15) is 0 Å². The fourth-order valence-electron chi connectivity index (χ4n) is 2.07. The zero-order valence-corrected chi connectivity index (χ0v) is 11.5. The Labute approximate surface area is 112 Å². The molecular weight excluding hydrogens is 250 g/mol. The van der Waals surface area contributed by atoms with Gasteiger partial charge in [-0.1, -0.05) is 6.92 Å². The smallest absolute Gasteiger partial charge is 0.318 e. The van der Waals surface area contributed by atoms with Crippen molar-refractivity contribution in [1.29, 1.82) is 0 Å². The Kier molecular flexibility index (Phi) is 4.07. The first kappa shape index (κ1) is 15.3. The van der Waals surface area contributed by atoms with Crippen molar-refractivity contribution in [2.24, 2.45) is 11.1 Å². The van der Waals surface area contributed by atoms with E-state index in [1.807, 2.05) is 0 Å². The van der Waals surface area contributed by atoms with E-state index in [1.165, 1.54) is 18.7 Å². The molecule has 0 aliphatic carbocycles. The van der Waals surface area contributed by atoms with Crippen molar-refractivity contribution >= 4 is 17.9 Å². The molecule has 1 heterocycles. The molecule has 0 bridgehead atoms. The van der Waals surface area contributed by atoms with E-state index in [-0.39, 0.29) is 6.54 Å². The van der Waals surface area contributed by atoms with Gasteiger partial charge < -0.3 is 21.1 Å². The highest BCUT2D eigenvalue weighted by atomic mass is 16.4. The Bertz CT molecular complexity index is 408. The minimum Gasteiger partial charge on any atom is -0.481 e. The van der Waals surface area contributed by atoms with Crippen molar-refractivity contribution in [1.82, 2.24) is 10.2 Å². The minimum atomic E-state index is -1.15. The predicted octanol–water partition coefficient (Wildman–Crippen LogP) is 0.147. The average Bonchev–Trinajstić information content (AvgIpc) is 2.73. The van der Waals surface area contributed by atoms with E-state index in [4.69, 9.17) is 5.73 Å². The van der Waals surface area contributed by atoms with Crippen LogP contribution in [0.1, 0.15) is 33.6 Å². The highest BCUT2D eigenvalue weighted by Crippen LogP contribution is 2.34. The Morgan fingerprint density at radius 2 is 2.00 bits per heavy atom. The molecule has 108 valence electrons. The van der Waals surface area contributed by atoms with Crippen molar-refractivity contribution in [2.75, 3.05) is 13.1 Å². The van der Waals surface area contributed by atoms with Gasteiger partial charge in [-0.25, -0.2) is 4.79 Å². The number of carbonyl (C=O) groups excluding carboxylic acids is 2. The van der Waals surface area contributed by atoms with Gasteiger partial charge in [0.1, 0.15) is 5.54 Å². The number of nitrogens with zero attached hydrogens (tertiary/aromatic N) is 1. The summed E-state index contributed by atoms with van der Waals surface area (Å²) in [6.07, 6.45) is 0.884. The summed E-state index contributed by atoms with van der Waals surface area (Å²) in [6.45, 7) is 5.32. The summed E-state index contributed by atoms with van der Waals surface area (Å²) in [5.41, 5.74) is 3.14. The lowest BCUT2D eigenvalue weighted by Gasteiger charge is -2.27. The maximum atomic E-state index is 12.0. The van der Waals surface area contributed by atoms with Crippen molar-refractivity contribution in [3.63, 3.8) is 0 Å². The van der Waals surface area contributed by atoms with E-state index >= 15 is 0 Å². The third kappa shape index (κ3) is 2.97. The van der Waals surface area contributed by atoms with Crippen LogP contribution in [0.4, 0.5) is 4.79 Å². The number of aliphatic carboxylic acids is 1. The number of carboxylic acid groups (broad SMARTS) is 1. The molecule has 4 N–H and O–H groups in total. The SMILES string of the molecule is CCC1(C(=O)O)CCN(C(=O)NC(C)(C)C(N)=O)C1. The molecular formula is C12H21N3O4. The van der Waals surface area contributed by atoms with Crippen molar-refractivity contribution in [3.8, 4) is 0 Å². The van der Waals surface area contributed by atoms with E-state index in [0.29, 0.717) is 19.4 Å². The molecule has 0 spiro atoms. The predicted molar refractivity (Wildman–Crippen MR) is 68.4 cm³/mol. The molecule has 1 aliphatic rings. The van der Waals surface area contributed by atoms with Crippen LogP contribution in [0.5, 0.6) is 0 Å². The number of urea groups is 1. The van der Waals surface area contributed by atoms with Crippen LogP contribution in [-0.2, 0) is 9.59 Å². The first-order valence-electron chi connectivity index (χ1n) is 6.25. The highest BCUT2D eigenvalue weighted by Gasteiger charge is 2.45. The van der Waals surface area contributed by atoms with Crippen LogP contribution >= 0.6 is 0 Å². The number of nitrogens with two attached hydrogens (primary N) is 1. The molecule has 1 fully saturated rings. The van der Waals surface area contributed by atoms with Gasteiger partial charge in [-0.3, -0.25) is 9.59 Å². The third-order valence-electron chi connectivity index (χ3n) is 3.81. The number of primary amides is 1. The molecule has 0 aromatic rings. The first-order chi connectivity index (χ1) is 8.64. The third-order valence-corrected chi connectivity index (χ3v) is 3.81. The van der Waals surface area contributed by atoms with Crippen molar-refractivity contribution in [2.45, 2.75) is 39.2 Å². The molecule has 7 nitrogen and oxygen atoms in total. The van der Waals surface area contributed by atoms with Crippen molar-refractivity contribution < 1.29 is 19.5 Å². The van der Waals surface area contributed by atoms with Crippen LogP contribution in [0.2, 0.25) is 0 Å². The van der Waals surface area contributed by atoms with Gasteiger partial charge in [0.2, 0.25) is 5.91 Å². The highest BCUT2D eigenvalue weighted by molar-refractivity contribution is 5.89. The molecule has 1 atom stereocenters. The second kappa shape index (κ2) is 5.07. The number of carbonyl (C=O) groups is 3. The van der Waals surface area contributed by atoms with E-state index in [0.717, 1.165) is 0 Å². The number of carboxylic acids is 1. The molecule has 19 heavy (non-hydrogen) atoms. The Morgan fingerprint density at radius 1 is 1.42 bits per heavy atom. The molecule has 0 aromatic carbocycles. The van der Waals surface area contributed by atoms with Crippen LogP contribution < -0.4 is 11.1 Å². The van der Waals surface area contributed by atoms with Crippen LogP contribution in [-0.4, -0.2) is 46.5 Å². The molecule has 0 saturated carbocycles. The standard InChI is InChI=1S/C12H21N3O4/c1-4-12(9(17)18)5-6-15(7-12)10(19)14-11(2,3)8(13)16/h4-7H2,1-3H3,(H2,13,16)(H,14,19)(H,17,18). The zero-order valence-electron chi connectivity index (χ0n) is 11.5. The monoisotopic (exact) mass is 271 g/mol. The number of likely N-dealkylation sites (tertiary alicyclic amines) is 1. The van der Waals surface area contributed by atoms with E-state index in [1.54, 1.807) is 6.92 Å². The van der Waals surface area contributed by atoms with E-state index in [9.17, 15) is 19.5 Å². The lowest BCUT2D eigenvalue weighted by Crippen LogP contribution is -2.56.